The van der Waals surface area contributed by atoms with Gasteiger partial charge < -0.3 is 4.42 Å². The lowest BCUT2D eigenvalue weighted by Crippen LogP contribution is -2.25. The van der Waals surface area contributed by atoms with E-state index in [1.54, 1.807) is 0 Å². The predicted molar refractivity (Wildman–Crippen MR) is 95.8 cm³/mol. The molecule has 0 bridgehead atoms. The largest absolute Gasteiger partial charge is 0.441 e. The van der Waals surface area contributed by atoms with Crippen molar-refractivity contribution in [3.05, 3.63) is 77.2 Å². The van der Waals surface area contributed by atoms with Gasteiger partial charge in [-0.1, -0.05) is 42.5 Å². The molecule has 3 heteroatoms. The monoisotopic (exact) mass is 318 g/mol. The molecule has 122 valence electrons. The van der Waals surface area contributed by atoms with Gasteiger partial charge in [-0.3, -0.25) is 4.90 Å². The Balaban J connectivity index is 1.46. The van der Waals surface area contributed by atoms with Crippen molar-refractivity contribution in [1.29, 1.82) is 0 Å². The van der Waals surface area contributed by atoms with Gasteiger partial charge in [-0.25, -0.2) is 4.98 Å². The molecule has 0 spiro atoms. The number of benzene rings is 2. The number of nitrogens with zero attached hydrogens (tertiary/aromatic N) is 2. The lowest BCUT2D eigenvalue weighted by atomic mass is 10.0. The van der Waals surface area contributed by atoms with E-state index >= 15 is 0 Å². The number of fused-ring (bicyclic) bond motifs is 1. The van der Waals surface area contributed by atoms with Gasteiger partial charge in [-0.2, -0.15) is 0 Å². The lowest BCUT2D eigenvalue weighted by molar-refractivity contribution is 0.292. The summed E-state index contributed by atoms with van der Waals surface area (Å²) in [6.45, 7) is 1.92. The van der Waals surface area contributed by atoms with E-state index in [-0.39, 0.29) is 0 Å². The normalized spacial score (nSPS) is 14.5. The molecule has 0 saturated carbocycles. The summed E-state index contributed by atoms with van der Waals surface area (Å²) in [5.74, 6) is 1.81. The molecule has 1 aliphatic heterocycles. The van der Waals surface area contributed by atoms with E-state index in [0.29, 0.717) is 0 Å². The smallest absolute Gasteiger partial charge is 0.226 e. The second kappa shape index (κ2) is 6.62. The van der Waals surface area contributed by atoms with Crippen LogP contribution in [-0.2, 0) is 25.8 Å². The minimum atomic E-state index is 0.755. The summed E-state index contributed by atoms with van der Waals surface area (Å²) in [4.78, 5) is 6.97. The number of likely N-dealkylation sites (N-methyl/N-ethyl adjacent to an activating group) is 1. The number of aromatic nitrogens is 1. The number of oxazole rings is 1. The molecule has 2 aromatic carbocycles. The van der Waals surface area contributed by atoms with Gasteiger partial charge in [0.1, 0.15) is 5.76 Å². The Kier molecular flexibility index (Phi) is 4.18. The average Bonchev–Trinajstić information content (AvgIpc) is 3.04. The summed E-state index contributed by atoms with van der Waals surface area (Å²) in [5, 5.41) is 0. The van der Waals surface area contributed by atoms with E-state index in [4.69, 9.17) is 4.42 Å². The van der Waals surface area contributed by atoms with Crippen LogP contribution in [-0.4, -0.2) is 23.5 Å². The number of hydrogen-bond donors (Lipinski definition) is 0. The molecule has 2 heterocycles. The van der Waals surface area contributed by atoms with Gasteiger partial charge in [0, 0.05) is 25.1 Å². The van der Waals surface area contributed by atoms with Crippen molar-refractivity contribution in [2.24, 2.45) is 0 Å². The minimum Gasteiger partial charge on any atom is -0.441 e. The molecule has 0 atom stereocenters. The molecule has 0 N–H and O–H groups in total. The third-order valence-corrected chi connectivity index (χ3v) is 4.66. The van der Waals surface area contributed by atoms with E-state index in [9.17, 15) is 0 Å². The van der Waals surface area contributed by atoms with E-state index in [1.807, 2.05) is 0 Å². The highest BCUT2D eigenvalue weighted by Crippen LogP contribution is 2.26. The van der Waals surface area contributed by atoms with E-state index < -0.39 is 0 Å². The third-order valence-electron chi connectivity index (χ3n) is 4.66. The summed E-state index contributed by atoms with van der Waals surface area (Å²) < 4.78 is 5.97. The van der Waals surface area contributed by atoms with E-state index in [0.717, 1.165) is 55.3 Å². The highest BCUT2D eigenvalue weighted by Gasteiger charge is 2.20. The Labute approximate surface area is 143 Å². The molecule has 0 amide bonds. The summed E-state index contributed by atoms with van der Waals surface area (Å²) in [7, 11) is 2.12. The van der Waals surface area contributed by atoms with Crippen LogP contribution in [0.5, 0.6) is 0 Å². The molecule has 4 rings (SSSR count). The van der Waals surface area contributed by atoms with Crippen LogP contribution in [0.4, 0.5) is 0 Å². The standard InChI is InChI=1S/C21H22N2O/c1-23-14-13-20-19(15-23)22-21(24-20)18-11-9-17(10-12-18)8-7-16-5-3-2-4-6-16/h2-6,9-12H,7-8,13-15H2,1H3. The molecule has 0 aliphatic carbocycles. The molecule has 3 aromatic rings. The van der Waals surface area contributed by atoms with Crippen LogP contribution < -0.4 is 0 Å². The molecule has 1 aromatic heterocycles. The van der Waals surface area contributed by atoms with Gasteiger partial charge in [0.2, 0.25) is 5.89 Å². The molecule has 0 unspecified atom stereocenters. The van der Waals surface area contributed by atoms with Crippen LogP contribution in [0.3, 0.4) is 0 Å². The molecule has 3 nitrogen and oxygen atoms in total. The lowest BCUT2D eigenvalue weighted by Gasteiger charge is -2.19. The molecule has 0 radical (unpaired) electrons. The molecular formula is C21H22N2O. The Bertz CT molecular complexity index is 806. The third kappa shape index (κ3) is 3.26. The maximum atomic E-state index is 5.97. The Morgan fingerprint density at radius 2 is 1.67 bits per heavy atom. The van der Waals surface area contributed by atoms with Crippen molar-refractivity contribution in [3.63, 3.8) is 0 Å². The van der Waals surface area contributed by atoms with Gasteiger partial charge in [0.15, 0.2) is 0 Å². The van der Waals surface area contributed by atoms with Gasteiger partial charge in [0.05, 0.1) is 5.69 Å². The van der Waals surface area contributed by atoms with Crippen molar-refractivity contribution >= 4 is 0 Å². The van der Waals surface area contributed by atoms with Gasteiger partial charge in [-0.15, -0.1) is 0 Å². The zero-order valence-electron chi connectivity index (χ0n) is 14.0. The highest BCUT2D eigenvalue weighted by atomic mass is 16.4. The number of hydrogen-bond acceptors (Lipinski definition) is 3. The van der Waals surface area contributed by atoms with Crippen LogP contribution in [0.2, 0.25) is 0 Å². The Morgan fingerprint density at radius 3 is 2.42 bits per heavy atom. The fourth-order valence-electron chi connectivity index (χ4n) is 3.20. The van der Waals surface area contributed by atoms with Crippen molar-refractivity contribution in [2.75, 3.05) is 13.6 Å². The predicted octanol–water partition coefficient (Wildman–Crippen LogP) is 4.11. The topological polar surface area (TPSA) is 29.3 Å². The number of rotatable bonds is 4. The Hall–Kier alpha value is -2.39. The fraction of sp³-hybridized carbons (Fsp3) is 0.286. The first-order chi connectivity index (χ1) is 11.8. The van der Waals surface area contributed by atoms with Crippen LogP contribution in [0, 0.1) is 0 Å². The molecule has 0 fully saturated rings. The van der Waals surface area contributed by atoms with Gasteiger partial charge in [-0.05, 0) is 43.1 Å². The SMILES string of the molecule is CN1CCc2oc(-c3ccc(CCc4ccccc4)cc3)nc2C1. The van der Waals surface area contributed by atoms with Crippen LogP contribution in [0.25, 0.3) is 11.5 Å². The van der Waals surface area contributed by atoms with Crippen molar-refractivity contribution in [2.45, 2.75) is 25.8 Å². The van der Waals surface area contributed by atoms with Crippen LogP contribution >= 0.6 is 0 Å². The first-order valence-corrected chi connectivity index (χ1v) is 8.58. The fourth-order valence-corrected chi connectivity index (χ4v) is 3.20. The minimum absolute atomic E-state index is 0.755. The first-order valence-electron chi connectivity index (χ1n) is 8.58. The maximum absolute atomic E-state index is 5.97. The summed E-state index contributed by atoms with van der Waals surface area (Å²) in [6.07, 6.45) is 3.07. The molecule has 0 saturated heterocycles. The summed E-state index contributed by atoms with van der Waals surface area (Å²) in [5.41, 5.74) is 4.88. The quantitative estimate of drug-likeness (QED) is 0.725. The second-order valence-corrected chi connectivity index (χ2v) is 6.56. The highest BCUT2D eigenvalue weighted by molar-refractivity contribution is 5.54. The molecule has 1 aliphatic rings. The van der Waals surface area contributed by atoms with Gasteiger partial charge >= 0.3 is 0 Å². The van der Waals surface area contributed by atoms with Crippen molar-refractivity contribution < 1.29 is 4.42 Å². The zero-order valence-corrected chi connectivity index (χ0v) is 14.0. The molecule has 24 heavy (non-hydrogen) atoms. The van der Waals surface area contributed by atoms with E-state index in [2.05, 4.69) is 71.5 Å². The van der Waals surface area contributed by atoms with Gasteiger partial charge in [0.25, 0.3) is 0 Å². The zero-order chi connectivity index (χ0) is 16.4. The Morgan fingerprint density at radius 1 is 0.958 bits per heavy atom. The summed E-state index contributed by atoms with van der Waals surface area (Å²) in [6, 6.07) is 19.3. The second-order valence-electron chi connectivity index (χ2n) is 6.56. The van der Waals surface area contributed by atoms with E-state index in [1.165, 1.54) is 11.1 Å². The maximum Gasteiger partial charge on any atom is 0.226 e. The van der Waals surface area contributed by atoms with Crippen LogP contribution in [0.1, 0.15) is 22.6 Å². The van der Waals surface area contributed by atoms with Crippen molar-refractivity contribution in [1.82, 2.24) is 9.88 Å². The van der Waals surface area contributed by atoms with Crippen molar-refractivity contribution in [3.8, 4) is 11.5 Å². The van der Waals surface area contributed by atoms with Crippen LogP contribution in [0.15, 0.2) is 59.0 Å². The average molecular weight is 318 g/mol. The first kappa shape index (κ1) is 15.2. The molecular weight excluding hydrogens is 296 g/mol. The number of aryl methyl sites for hydroxylation is 2. The summed E-state index contributed by atoms with van der Waals surface area (Å²) >= 11 is 0.